The van der Waals surface area contributed by atoms with Crippen molar-refractivity contribution in [2.75, 3.05) is 5.32 Å². The third-order valence-electron chi connectivity index (χ3n) is 3.75. The summed E-state index contributed by atoms with van der Waals surface area (Å²) < 4.78 is 39.9. The van der Waals surface area contributed by atoms with Crippen LogP contribution in [0.15, 0.2) is 24.7 Å². The van der Waals surface area contributed by atoms with Crippen LogP contribution in [0.25, 0.3) is 0 Å². The molecule has 0 spiro atoms. The number of piperidine rings is 1. The molecule has 128 valence electrons. The molecule has 0 bridgehead atoms. The molecule has 1 aliphatic rings. The zero-order valence-electron chi connectivity index (χ0n) is 12.7. The molecule has 0 radical (unpaired) electrons. The van der Waals surface area contributed by atoms with Gasteiger partial charge in [0.2, 0.25) is 11.9 Å². The highest BCUT2D eigenvalue weighted by Gasteiger charge is 2.34. The molecule has 3 heterocycles. The molecular weight excluding hydrogens is 325 g/mol. The predicted octanol–water partition coefficient (Wildman–Crippen LogP) is 1.66. The molecule has 7 nitrogen and oxygen atoms in total. The summed E-state index contributed by atoms with van der Waals surface area (Å²) in [5.41, 5.74) is -0.257. The summed E-state index contributed by atoms with van der Waals surface area (Å²) in [5, 5.41) is 9.79. The number of rotatable bonds is 3. The van der Waals surface area contributed by atoms with E-state index in [9.17, 15) is 18.0 Å². The van der Waals surface area contributed by atoms with Gasteiger partial charge in [0, 0.05) is 31.4 Å². The van der Waals surface area contributed by atoms with Gasteiger partial charge in [-0.25, -0.2) is 9.97 Å². The zero-order valence-corrected chi connectivity index (χ0v) is 12.7. The standard InChI is InChI=1S/C14H15F3N6O/c1-23-7-8(6-19-23)12-9(2-3-11(24)22-12)20-13-18-5-4-10(21-13)14(15,16)17/h4-7,9,12H,2-3H2,1H3,(H,22,24)(H,18,20,21)/t9-,12+/m1/s1. The Kier molecular flexibility index (Phi) is 4.12. The van der Waals surface area contributed by atoms with Crippen molar-refractivity contribution in [3.63, 3.8) is 0 Å². The average molecular weight is 340 g/mol. The molecule has 1 aliphatic heterocycles. The van der Waals surface area contributed by atoms with Gasteiger partial charge in [-0.1, -0.05) is 0 Å². The number of anilines is 1. The molecule has 24 heavy (non-hydrogen) atoms. The van der Waals surface area contributed by atoms with E-state index in [-0.39, 0.29) is 24.3 Å². The number of nitrogens with zero attached hydrogens (tertiary/aromatic N) is 4. The van der Waals surface area contributed by atoms with Crippen LogP contribution < -0.4 is 10.6 Å². The summed E-state index contributed by atoms with van der Waals surface area (Å²) in [6.07, 6.45) is 0.593. The topological polar surface area (TPSA) is 84.7 Å². The van der Waals surface area contributed by atoms with Crippen LogP contribution in [0, 0.1) is 0 Å². The van der Waals surface area contributed by atoms with E-state index in [2.05, 4.69) is 25.7 Å². The van der Waals surface area contributed by atoms with Gasteiger partial charge in [-0.3, -0.25) is 9.48 Å². The maximum atomic E-state index is 12.8. The molecule has 2 N–H and O–H groups in total. The predicted molar refractivity (Wildman–Crippen MR) is 77.8 cm³/mol. The summed E-state index contributed by atoms with van der Waals surface area (Å²) in [4.78, 5) is 19.0. The van der Waals surface area contributed by atoms with Gasteiger partial charge in [0.25, 0.3) is 0 Å². The Morgan fingerprint density at radius 3 is 2.88 bits per heavy atom. The average Bonchev–Trinajstić information content (AvgIpc) is 2.95. The summed E-state index contributed by atoms with van der Waals surface area (Å²) in [6.45, 7) is 0. The minimum Gasteiger partial charge on any atom is -0.349 e. The molecule has 1 amide bonds. The first-order valence-electron chi connectivity index (χ1n) is 7.27. The van der Waals surface area contributed by atoms with Crippen molar-refractivity contribution in [3.05, 3.63) is 35.9 Å². The fourth-order valence-corrected chi connectivity index (χ4v) is 2.62. The van der Waals surface area contributed by atoms with Crippen LogP contribution >= 0.6 is 0 Å². The van der Waals surface area contributed by atoms with Crippen LogP contribution in [-0.4, -0.2) is 31.7 Å². The lowest BCUT2D eigenvalue weighted by Gasteiger charge is -2.32. The van der Waals surface area contributed by atoms with E-state index in [1.165, 1.54) is 0 Å². The van der Waals surface area contributed by atoms with Crippen LogP contribution in [0.3, 0.4) is 0 Å². The largest absolute Gasteiger partial charge is 0.433 e. The Hall–Kier alpha value is -2.65. The van der Waals surface area contributed by atoms with Gasteiger partial charge in [-0.05, 0) is 12.5 Å². The first kappa shape index (κ1) is 16.2. The fourth-order valence-electron chi connectivity index (χ4n) is 2.62. The van der Waals surface area contributed by atoms with E-state index < -0.39 is 17.9 Å². The number of aryl methyl sites for hydroxylation is 1. The number of carbonyl (C=O) groups is 1. The van der Waals surface area contributed by atoms with Gasteiger partial charge in [0.05, 0.1) is 18.3 Å². The Balaban J connectivity index is 1.83. The van der Waals surface area contributed by atoms with E-state index in [1.807, 2.05) is 0 Å². The third-order valence-corrected chi connectivity index (χ3v) is 3.75. The smallest absolute Gasteiger partial charge is 0.349 e. The van der Waals surface area contributed by atoms with Crippen molar-refractivity contribution >= 4 is 11.9 Å². The minimum absolute atomic E-state index is 0.119. The van der Waals surface area contributed by atoms with E-state index in [0.29, 0.717) is 6.42 Å². The molecular formula is C14H15F3N6O. The number of hydrogen-bond acceptors (Lipinski definition) is 5. The summed E-state index contributed by atoms with van der Waals surface area (Å²) in [5.74, 6) is -0.244. The lowest BCUT2D eigenvalue weighted by molar-refractivity contribution is -0.141. The van der Waals surface area contributed by atoms with Gasteiger partial charge in [-0.15, -0.1) is 0 Å². The second kappa shape index (κ2) is 6.10. The number of hydrogen-bond donors (Lipinski definition) is 2. The van der Waals surface area contributed by atoms with Crippen molar-refractivity contribution in [2.24, 2.45) is 7.05 Å². The highest BCUT2D eigenvalue weighted by molar-refractivity contribution is 5.77. The molecule has 2 atom stereocenters. The lowest BCUT2D eigenvalue weighted by atomic mass is 9.94. The number of nitrogens with one attached hydrogen (secondary N) is 2. The summed E-state index contributed by atoms with van der Waals surface area (Å²) in [6, 6.07) is 0.0559. The molecule has 0 aromatic carbocycles. The van der Waals surface area contributed by atoms with Crippen LogP contribution in [0.1, 0.15) is 30.1 Å². The van der Waals surface area contributed by atoms with Gasteiger partial charge in [0.15, 0.2) is 0 Å². The monoisotopic (exact) mass is 340 g/mol. The van der Waals surface area contributed by atoms with Gasteiger partial charge >= 0.3 is 6.18 Å². The van der Waals surface area contributed by atoms with Gasteiger partial charge in [0.1, 0.15) is 5.69 Å². The highest BCUT2D eigenvalue weighted by Crippen LogP contribution is 2.29. The summed E-state index contributed by atoms with van der Waals surface area (Å²) >= 11 is 0. The SMILES string of the molecule is Cn1cc([C@@H]2NC(=O)CC[C@H]2Nc2nccc(C(F)(F)F)n2)cn1. The molecule has 3 rings (SSSR count). The first-order valence-corrected chi connectivity index (χ1v) is 7.27. The van der Waals surface area contributed by atoms with Crippen LogP contribution in [-0.2, 0) is 18.0 Å². The summed E-state index contributed by atoms with van der Waals surface area (Å²) in [7, 11) is 1.74. The van der Waals surface area contributed by atoms with Gasteiger partial charge < -0.3 is 10.6 Å². The highest BCUT2D eigenvalue weighted by atomic mass is 19.4. The maximum absolute atomic E-state index is 12.8. The van der Waals surface area contributed by atoms with E-state index in [0.717, 1.165) is 17.8 Å². The molecule has 10 heteroatoms. The number of aromatic nitrogens is 4. The Bertz CT molecular complexity index is 744. The Labute approximate surface area is 135 Å². The van der Waals surface area contributed by atoms with Crippen LogP contribution in [0.4, 0.5) is 19.1 Å². The number of alkyl halides is 3. The molecule has 2 aromatic rings. The Morgan fingerprint density at radius 1 is 1.42 bits per heavy atom. The van der Waals surface area contributed by atoms with Crippen molar-refractivity contribution in [3.8, 4) is 0 Å². The van der Waals surface area contributed by atoms with Crippen molar-refractivity contribution in [1.82, 2.24) is 25.1 Å². The van der Waals surface area contributed by atoms with Crippen molar-refractivity contribution < 1.29 is 18.0 Å². The molecule has 0 aliphatic carbocycles. The number of carbonyl (C=O) groups excluding carboxylic acids is 1. The van der Waals surface area contributed by atoms with Gasteiger partial charge in [-0.2, -0.15) is 18.3 Å². The molecule has 1 saturated heterocycles. The number of halogens is 3. The third kappa shape index (κ3) is 3.47. The quantitative estimate of drug-likeness (QED) is 0.888. The maximum Gasteiger partial charge on any atom is 0.433 e. The second-order valence-corrected chi connectivity index (χ2v) is 5.55. The molecule has 1 fully saturated rings. The van der Waals surface area contributed by atoms with Crippen molar-refractivity contribution in [2.45, 2.75) is 31.1 Å². The zero-order chi connectivity index (χ0) is 17.3. The molecule has 2 aromatic heterocycles. The number of amides is 1. The molecule has 0 saturated carbocycles. The fraction of sp³-hybridized carbons (Fsp3) is 0.429. The van der Waals surface area contributed by atoms with E-state index >= 15 is 0 Å². The van der Waals surface area contributed by atoms with E-state index in [1.54, 1.807) is 24.1 Å². The van der Waals surface area contributed by atoms with Crippen molar-refractivity contribution in [1.29, 1.82) is 0 Å². The first-order chi connectivity index (χ1) is 11.3. The normalized spacial score (nSPS) is 21.4. The molecule has 0 unspecified atom stereocenters. The lowest BCUT2D eigenvalue weighted by Crippen LogP contribution is -2.45. The second-order valence-electron chi connectivity index (χ2n) is 5.55. The Morgan fingerprint density at radius 2 is 2.21 bits per heavy atom. The minimum atomic E-state index is -4.54. The van der Waals surface area contributed by atoms with Crippen LogP contribution in [0.2, 0.25) is 0 Å². The van der Waals surface area contributed by atoms with Crippen LogP contribution in [0.5, 0.6) is 0 Å². The van der Waals surface area contributed by atoms with E-state index in [4.69, 9.17) is 0 Å².